The van der Waals surface area contributed by atoms with Crippen molar-refractivity contribution in [3.05, 3.63) is 89.3 Å². The van der Waals surface area contributed by atoms with Crippen molar-refractivity contribution in [1.29, 1.82) is 0 Å². The zero-order chi connectivity index (χ0) is 24.0. The number of hydrogen-bond acceptors (Lipinski definition) is 4. The topological polar surface area (TPSA) is 52.6 Å². The maximum atomic E-state index is 14.2. The van der Waals surface area contributed by atoms with E-state index in [4.69, 9.17) is 4.74 Å². The van der Waals surface area contributed by atoms with Crippen LogP contribution in [0.25, 0.3) is 0 Å². The lowest BCUT2D eigenvalue weighted by Gasteiger charge is -2.28. The molecule has 0 spiro atoms. The maximum Gasteiger partial charge on any atom is 0.573 e. The Kier molecular flexibility index (Phi) is 7.81. The number of alkyl halides is 3. The average Bonchev–Trinajstić information content (AvgIpc) is 2.79. The van der Waals surface area contributed by atoms with Gasteiger partial charge < -0.3 is 9.47 Å². The minimum absolute atomic E-state index is 0.191. The van der Waals surface area contributed by atoms with Gasteiger partial charge in [0.05, 0.1) is 5.92 Å². The highest BCUT2D eigenvalue weighted by atomic mass is 19.4. The number of halogens is 4. The number of Topliss-reactive ketones (excluding diaryl/α,β-unsaturated/α-hetero) is 2. The summed E-state index contributed by atoms with van der Waals surface area (Å²) in [5, 5.41) is 0. The van der Waals surface area contributed by atoms with E-state index in [1.54, 1.807) is 18.2 Å². The van der Waals surface area contributed by atoms with E-state index in [-0.39, 0.29) is 18.6 Å². The Labute approximate surface area is 188 Å². The highest BCUT2D eigenvalue weighted by molar-refractivity contribution is 6.44. The number of benzene rings is 2. The summed E-state index contributed by atoms with van der Waals surface area (Å²) >= 11 is 0. The van der Waals surface area contributed by atoms with Crippen molar-refractivity contribution in [2.24, 2.45) is 5.92 Å². The van der Waals surface area contributed by atoms with Crippen LogP contribution in [0.5, 0.6) is 5.75 Å². The van der Waals surface area contributed by atoms with Crippen molar-refractivity contribution in [2.45, 2.75) is 32.2 Å². The van der Waals surface area contributed by atoms with E-state index in [0.717, 1.165) is 12.1 Å². The highest BCUT2D eigenvalue weighted by Crippen LogP contribution is 2.39. The molecule has 0 radical (unpaired) electrons. The minimum atomic E-state index is -4.83. The van der Waals surface area contributed by atoms with Gasteiger partial charge in [0.1, 0.15) is 17.7 Å². The lowest BCUT2D eigenvalue weighted by Crippen LogP contribution is -2.30. The molecular weight excluding hydrogens is 440 g/mol. The van der Waals surface area contributed by atoms with Crippen LogP contribution in [0.3, 0.4) is 0 Å². The number of ketones is 2. The highest BCUT2D eigenvalue weighted by Gasteiger charge is 2.36. The number of carbonyl (C=O) groups excluding carboxylic acids is 2. The van der Waals surface area contributed by atoms with Crippen LogP contribution in [-0.4, -0.2) is 24.5 Å². The molecule has 0 N–H and O–H groups in total. The fourth-order valence-electron chi connectivity index (χ4n) is 3.55. The predicted octanol–water partition coefficient (Wildman–Crippen LogP) is 6.30. The summed E-state index contributed by atoms with van der Waals surface area (Å²) in [4.78, 5) is 25.9. The number of rotatable bonds is 9. The Morgan fingerprint density at radius 3 is 2.30 bits per heavy atom. The molecule has 2 unspecified atom stereocenters. The first-order valence-corrected chi connectivity index (χ1v) is 10.4. The average molecular weight is 462 g/mol. The largest absolute Gasteiger partial charge is 0.573 e. The van der Waals surface area contributed by atoms with Crippen molar-refractivity contribution in [3.8, 4) is 5.75 Å². The van der Waals surface area contributed by atoms with E-state index in [0.29, 0.717) is 17.6 Å². The van der Waals surface area contributed by atoms with Crippen LogP contribution in [0.1, 0.15) is 41.8 Å². The second-order valence-corrected chi connectivity index (χ2v) is 7.46. The predicted molar refractivity (Wildman–Crippen MR) is 113 cm³/mol. The molecule has 0 saturated heterocycles. The van der Waals surface area contributed by atoms with Crippen LogP contribution in [0.4, 0.5) is 17.6 Å². The smallest absolute Gasteiger partial charge is 0.406 e. The first-order valence-electron chi connectivity index (χ1n) is 10.4. The molecular formula is C25H22F4O4. The van der Waals surface area contributed by atoms with Gasteiger partial charge >= 0.3 is 6.36 Å². The maximum absolute atomic E-state index is 14.2. The van der Waals surface area contributed by atoms with Crippen LogP contribution >= 0.6 is 0 Å². The fraction of sp³-hybridized carbons (Fsp3) is 0.280. The van der Waals surface area contributed by atoms with Gasteiger partial charge in [-0.15, -0.1) is 13.2 Å². The van der Waals surface area contributed by atoms with E-state index < -0.39 is 41.5 Å². The number of allylic oxidation sites excluding steroid dienone is 3. The Bertz CT molecular complexity index is 1040. The summed E-state index contributed by atoms with van der Waals surface area (Å²) in [6, 6.07) is 13.0. The van der Waals surface area contributed by atoms with E-state index in [9.17, 15) is 27.2 Å². The second kappa shape index (κ2) is 10.6. The van der Waals surface area contributed by atoms with Gasteiger partial charge in [0.2, 0.25) is 11.6 Å². The molecule has 3 rings (SSSR count). The van der Waals surface area contributed by atoms with Crippen molar-refractivity contribution in [3.63, 3.8) is 0 Å². The van der Waals surface area contributed by atoms with Crippen LogP contribution in [0, 0.1) is 5.92 Å². The summed E-state index contributed by atoms with van der Waals surface area (Å²) in [7, 11) is 0. The van der Waals surface area contributed by atoms with Crippen LogP contribution in [0.15, 0.2) is 78.1 Å². The zero-order valence-electron chi connectivity index (χ0n) is 17.8. The standard InChI is InChI=1S/C25H22F4O4/c1-2-14-32-24(17-8-11-19(12-9-17)33-25(27,28)29)20-13-10-18(26)15-21(20)23(31)22(30)16-6-4-3-5-7-16/h3-13,21,24H,2,14-15H2,1H3. The summed E-state index contributed by atoms with van der Waals surface area (Å²) in [6.07, 6.45) is -2.75. The number of ether oxygens (including phenoxy) is 2. The number of carbonyl (C=O) groups is 2. The first kappa shape index (κ1) is 24.4. The Balaban J connectivity index is 1.93. The third-order valence-corrected chi connectivity index (χ3v) is 5.04. The SMILES string of the molecule is CCCOC(C1=CC=C(F)CC1C(=O)C(=O)c1ccccc1)c1ccc(OC(F)(F)F)cc1. The summed E-state index contributed by atoms with van der Waals surface area (Å²) in [5.74, 6) is -3.59. The Hall–Kier alpha value is -3.26. The molecule has 0 saturated carbocycles. The van der Waals surface area contributed by atoms with Crippen LogP contribution in [0.2, 0.25) is 0 Å². The molecule has 8 heteroatoms. The molecule has 0 heterocycles. The zero-order valence-corrected chi connectivity index (χ0v) is 17.8. The molecule has 0 fully saturated rings. The van der Waals surface area contributed by atoms with E-state index in [2.05, 4.69) is 4.74 Å². The normalized spacial score (nSPS) is 17.1. The molecule has 4 nitrogen and oxygen atoms in total. The molecule has 0 bridgehead atoms. The van der Waals surface area contributed by atoms with E-state index >= 15 is 0 Å². The van der Waals surface area contributed by atoms with Crippen LogP contribution in [-0.2, 0) is 9.53 Å². The molecule has 0 aliphatic heterocycles. The summed E-state index contributed by atoms with van der Waals surface area (Å²) in [5.41, 5.74) is 1.00. The molecule has 174 valence electrons. The van der Waals surface area contributed by atoms with Gasteiger partial charge in [-0.1, -0.05) is 55.5 Å². The molecule has 2 atom stereocenters. The quantitative estimate of drug-likeness (QED) is 0.249. The van der Waals surface area contributed by atoms with Gasteiger partial charge in [0.25, 0.3) is 0 Å². The second-order valence-electron chi connectivity index (χ2n) is 7.46. The van der Waals surface area contributed by atoms with Crippen molar-refractivity contribution in [1.82, 2.24) is 0 Å². The van der Waals surface area contributed by atoms with E-state index in [1.165, 1.54) is 36.4 Å². The lowest BCUT2D eigenvalue weighted by atomic mass is 9.80. The van der Waals surface area contributed by atoms with Gasteiger partial charge in [-0.2, -0.15) is 0 Å². The monoisotopic (exact) mass is 462 g/mol. The van der Waals surface area contributed by atoms with Gasteiger partial charge in [-0.05, 0) is 35.8 Å². The third-order valence-electron chi connectivity index (χ3n) is 5.04. The third kappa shape index (κ3) is 6.38. The number of hydrogen-bond donors (Lipinski definition) is 0. The summed E-state index contributed by atoms with van der Waals surface area (Å²) < 4.78 is 61.4. The fourth-order valence-corrected chi connectivity index (χ4v) is 3.55. The summed E-state index contributed by atoms with van der Waals surface area (Å²) in [6.45, 7) is 2.15. The minimum Gasteiger partial charge on any atom is -0.406 e. The molecule has 0 aromatic heterocycles. The lowest BCUT2D eigenvalue weighted by molar-refractivity contribution is -0.274. The first-order chi connectivity index (χ1) is 15.7. The molecule has 0 amide bonds. The van der Waals surface area contributed by atoms with Gasteiger partial charge in [0.15, 0.2) is 0 Å². The van der Waals surface area contributed by atoms with E-state index in [1.807, 2.05) is 6.92 Å². The van der Waals surface area contributed by atoms with Gasteiger partial charge in [-0.25, -0.2) is 4.39 Å². The van der Waals surface area contributed by atoms with Gasteiger partial charge in [0, 0.05) is 18.6 Å². The molecule has 1 aliphatic rings. The molecule has 33 heavy (non-hydrogen) atoms. The van der Waals surface area contributed by atoms with Gasteiger partial charge in [-0.3, -0.25) is 9.59 Å². The van der Waals surface area contributed by atoms with Crippen molar-refractivity contribution < 1.29 is 36.6 Å². The van der Waals surface area contributed by atoms with Crippen molar-refractivity contribution in [2.75, 3.05) is 6.61 Å². The molecule has 2 aromatic rings. The molecule has 2 aromatic carbocycles. The Morgan fingerprint density at radius 2 is 1.70 bits per heavy atom. The van der Waals surface area contributed by atoms with Crippen molar-refractivity contribution >= 4 is 11.6 Å². The van der Waals surface area contributed by atoms with Crippen LogP contribution < -0.4 is 4.74 Å². The molecule has 1 aliphatic carbocycles. The Morgan fingerprint density at radius 1 is 1.03 bits per heavy atom.